The molecule has 2 heterocycles. The van der Waals surface area contributed by atoms with Crippen LogP contribution in [0.2, 0.25) is 0 Å². The molecule has 1 aromatic rings. The molecule has 1 fully saturated rings. The maximum absolute atomic E-state index is 13.6. The zero-order valence-electron chi connectivity index (χ0n) is 9.50. The average molecular weight is 221 g/mol. The minimum Gasteiger partial charge on any atom is -0.487 e. The van der Waals surface area contributed by atoms with E-state index in [1.807, 2.05) is 13.0 Å². The molecule has 2 aliphatic heterocycles. The Morgan fingerprint density at radius 1 is 1.31 bits per heavy atom. The normalized spacial score (nSPS) is 23.4. The number of hydrogen-bond donors (Lipinski definition) is 0. The van der Waals surface area contributed by atoms with Gasteiger partial charge in [0.25, 0.3) is 0 Å². The summed E-state index contributed by atoms with van der Waals surface area (Å²) in [6.45, 7) is 4.17. The molecule has 1 atom stereocenters. The molecule has 2 aliphatic rings. The third-order valence-corrected chi connectivity index (χ3v) is 3.45. The molecular formula is C13H16FNO. The van der Waals surface area contributed by atoms with Crippen LogP contribution in [-0.2, 0) is 6.42 Å². The second-order valence-corrected chi connectivity index (χ2v) is 4.70. The van der Waals surface area contributed by atoms with Crippen LogP contribution in [0.1, 0.15) is 25.3 Å². The molecule has 0 saturated carbocycles. The van der Waals surface area contributed by atoms with E-state index in [2.05, 4.69) is 4.90 Å². The number of benzene rings is 1. The van der Waals surface area contributed by atoms with Crippen molar-refractivity contribution in [3.63, 3.8) is 0 Å². The maximum Gasteiger partial charge on any atom is 0.165 e. The quantitative estimate of drug-likeness (QED) is 0.723. The highest BCUT2D eigenvalue weighted by Gasteiger charge is 2.28. The van der Waals surface area contributed by atoms with Gasteiger partial charge in [0.05, 0.1) is 0 Å². The van der Waals surface area contributed by atoms with Crippen molar-refractivity contribution in [1.82, 2.24) is 0 Å². The van der Waals surface area contributed by atoms with Crippen LogP contribution >= 0.6 is 0 Å². The highest BCUT2D eigenvalue weighted by atomic mass is 19.1. The van der Waals surface area contributed by atoms with Crippen LogP contribution < -0.4 is 9.64 Å². The number of halogens is 1. The van der Waals surface area contributed by atoms with E-state index in [0.29, 0.717) is 5.75 Å². The zero-order chi connectivity index (χ0) is 11.1. The third-order valence-electron chi connectivity index (χ3n) is 3.45. The molecule has 1 aromatic carbocycles. The molecular weight excluding hydrogens is 205 g/mol. The number of ether oxygens (including phenoxy) is 1. The van der Waals surface area contributed by atoms with E-state index in [-0.39, 0.29) is 11.9 Å². The van der Waals surface area contributed by atoms with E-state index in [0.717, 1.165) is 25.1 Å². The van der Waals surface area contributed by atoms with Gasteiger partial charge < -0.3 is 9.64 Å². The fourth-order valence-electron chi connectivity index (χ4n) is 2.70. The molecule has 1 saturated heterocycles. The van der Waals surface area contributed by atoms with Crippen molar-refractivity contribution in [2.75, 3.05) is 18.0 Å². The fraction of sp³-hybridized carbons (Fsp3) is 0.538. The first-order chi connectivity index (χ1) is 7.75. The molecule has 2 nitrogen and oxygen atoms in total. The second-order valence-electron chi connectivity index (χ2n) is 4.70. The molecule has 3 rings (SSSR count). The molecule has 86 valence electrons. The topological polar surface area (TPSA) is 12.5 Å². The van der Waals surface area contributed by atoms with Crippen molar-refractivity contribution in [1.29, 1.82) is 0 Å². The average Bonchev–Trinajstić information content (AvgIpc) is 2.87. The van der Waals surface area contributed by atoms with Crippen LogP contribution in [-0.4, -0.2) is 19.2 Å². The van der Waals surface area contributed by atoms with E-state index in [4.69, 9.17) is 4.74 Å². The molecule has 0 bridgehead atoms. The minimum atomic E-state index is -0.220. The first-order valence-electron chi connectivity index (χ1n) is 5.98. The Bertz CT molecular complexity index is 413. The van der Waals surface area contributed by atoms with Crippen LogP contribution in [0, 0.1) is 5.82 Å². The van der Waals surface area contributed by atoms with Crippen molar-refractivity contribution in [3.8, 4) is 5.75 Å². The van der Waals surface area contributed by atoms with Crippen LogP contribution in [0.25, 0.3) is 0 Å². The molecule has 0 amide bonds. The summed E-state index contributed by atoms with van der Waals surface area (Å²) in [7, 11) is 0. The SMILES string of the molecule is C[C@H]1Cc2c(N3CCCC3)ccc(F)c2O1. The predicted octanol–water partition coefficient (Wildman–Crippen LogP) is 2.75. The molecule has 0 spiro atoms. The number of fused-ring (bicyclic) bond motifs is 1. The summed E-state index contributed by atoms with van der Waals surface area (Å²) in [6.07, 6.45) is 3.41. The molecule has 0 unspecified atom stereocenters. The molecule has 0 N–H and O–H groups in total. The largest absolute Gasteiger partial charge is 0.487 e. The fourth-order valence-corrected chi connectivity index (χ4v) is 2.70. The minimum absolute atomic E-state index is 0.105. The lowest BCUT2D eigenvalue weighted by Crippen LogP contribution is -2.19. The van der Waals surface area contributed by atoms with Gasteiger partial charge in [-0.25, -0.2) is 4.39 Å². The van der Waals surface area contributed by atoms with Gasteiger partial charge in [0.15, 0.2) is 11.6 Å². The van der Waals surface area contributed by atoms with Gasteiger partial charge in [-0.3, -0.25) is 0 Å². The van der Waals surface area contributed by atoms with Gasteiger partial charge in [-0.15, -0.1) is 0 Å². The zero-order valence-corrected chi connectivity index (χ0v) is 9.50. The van der Waals surface area contributed by atoms with Gasteiger partial charge in [0.1, 0.15) is 6.10 Å². The molecule has 16 heavy (non-hydrogen) atoms. The highest BCUT2D eigenvalue weighted by molar-refractivity contribution is 5.62. The summed E-state index contributed by atoms with van der Waals surface area (Å²) in [6, 6.07) is 3.44. The van der Waals surface area contributed by atoms with Gasteiger partial charge in [-0.05, 0) is 31.9 Å². The third kappa shape index (κ3) is 1.46. The van der Waals surface area contributed by atoms with Crippen LogP contribution in [0.15, 0.2) is 12.1 Å². The first kappa shape index (κ1) is 9.94. The molecule has 0 aromatic heterocycles. The number of hydrogen-bond acceptors (Lipinski definition) is 2. The lowest BCUT2D eigenvalue weighted by Gasteiger charge is -2.20. The van der Waals surface area contributed by atoms with Gasteiger partial charge in [0, 0.05) is 30.8 Å². The summed E-state index contributed by atoms with van der Waals surface area (Å²) in [5, 5.41) is 0. The van der Waals surface area contributed by atoms with Gasteiger partial charge in [0.2, 0.25) is 0 Å². The van der Waals surface area contributed by atoms with Crippen LogP contribution in [0.5, 0.6) is 5.75 Å². The van der Waals surface area contributed by atoms with Crippen molar-refractivity contribution in [2.45, 2.75) is 32.3 Å². The van der Waals surface area contributed by atoms with Gasteiger partial charge >= 0.3 is 0 Å². The van der Waals surface area contributed by atoms with E-state index < -0.39 is 0 Å². The smallest absolute Gasteiger partial charge is 0.165 e. The van der Waals surface area contributed by atoms with Crippen LogP contribution in [0.4, 0.5) is 10.1 Å². The Balaban J connectivity index is 2.03. The van der Waals surface area contributed by atoms with E-state index in [1.165, 1.54) is 24.6 Å². The van der Waals surface area contributed by atoms with Crippen molar-refractivity contribution < 1.29 is 9.13 Å². The Morgan fingerprint density at radius 2 is 2.06 bits per heavy atom. The summed E-state index contributed by atoms with van der Waals surface area (Å²) in [4.78, 5) is 2.35. The highest BCUT2D eigenvalue weighted by Crippen LogP contribution is 2.39. The van der Waals surface area contributed by atoms with Crippen LogP contribution in [0.3, 0.4) is 0 Å². The molecule has 3 heteroatoms. The Hall–Kier alpha value is -1.25. The monoisotopic (exact) mass is 221 g/mol. The van der Waals surface area contributed by atoms with E-state index in [1.54, 1.807) is 0 Å². The number of rotatable bonds is 1. The molecule has 0 radical (unpaired) electrons. The van der Waals surface area contributed by atoms with E-state index in [9.17, 15) is 4.39 Å². The van der Waals surface area contributed by atoms with Crippen molar-refractivity contribution in [3.05, 3.63) is 23.5 Å². The Kier molecular flexibility index (Phi) is 2.27. The maximum atomic E-state index is 13.6. The lowest BCUT2D eigenvalue weighted by molar-refractivity contribution is 0.245. The van der Waals surface area contributed by atoms with Gasteiger partial charge in [-0.2, -0.15) is 0 Å². The van der Waals surface area contributed by atoms with Gasteiger partial charge in [-0.1, -0.05) is 0 Å². The number of anilines is 1. The summed E-state index contributed by atoms with van der Waals surface area (Å²) in [5.41, 5.74) is 2.24. The standard InChI is InChI=1S/C13H16FNO/c1-9-8-10-12(15-6-2-3-7-15)5-4-11(14)13(10)16-9/h4-5,9H,2-3,6-8H2,1H3/t9-/m0/s1. The number of nitrogens with zero attached hydrogens (tertiary/aromatic N) is 1. The van der Waals surface area contributed by atoms with E-state index >= 15 is 0 Å². The predicted molar refractivity (Wildman–Crippen MR) is 61.6 cm³/mol. The lowest BCUT2D eigenvalue weighted by atomic mass is 10.1. The Morgan fingerprint density at radius 3 is 2.81 bits per heavy atom. The first-order valence-corrected chi connectivity index (χ1v) is 5.98. The van der Waals surface area contributed by atoms with Crippen molar-refractivity contribution in [2.24, 2.45) is 0 Å². The Labute approximate surface area is 95.0 Å². The second kappa shape index (κ2) is 3.65. The summed E-state index contributed by atoms with van der Waals surface area (Å²) < 4.78 is 19.1. The summed E-state index contributed by atoms with van der Waals surface area (Å²) >= 11 is 0. The molecule has 0 aliphatic carbocycles. The summed E-state index contributed by atoms with van der Waals surface area (Å²) in [5.74, 6) is 0.263. The van der Waals surface area contributed by atoms with Crippen molar-refractivity contribution >= 4 is 5.69 Å².